The SMILES string of the molecule is Cc1nc2c(N3C[C@@H](C)N([C@H](c4ccc(Cl)cc4F)C(C)C)C[C@@H]3C)nc3nncn3c2n1C[C@@H]1CCCO1. The van der Waals surface area contributed by atoms with Crippen LogP contribution in [0.25, 0.3) is 16.9 Å². The van der Waals surface area contributed by atoms with Crippen molar-refractivity contribution in [1.29, 1.82) is 0 Å². The molecule has 0 aliphatic carbocycles. The number of hydrogen-bond donors (Lipinski definition) is 0. The van der Waals surface area contributed by atoms with Crippen LogP contribution in [0.2, 0.25) is 5.02 Å². The van der Waals surface area contributed by atoms with Crippen molar-refractivity contribution in [3.63, 3.8) is 0 Å². The first kappa shape index (κ1) is 26.4. The first-order valence-corrected chi connectivity index (χ1v) is 14.3. The van der Waals surface area contributed by atoms with Crippen molar-refractivity contribution in [3.05, 3.63) is 46.8 Å². The summed E-state index contributed by atoms with van der Waals surface area (Å²) in [7, 11) is 0. The standard InChI is InChI=1S/C28H36ClFN8O/c1-16(2)25(22-9-8-20(29)11-23(22)30)35-12-18(4)36(13-17(35)3)26-24-27(38-15-31-34-28(38)33-26)37(19(5)32-24)14-21-7-6-10-39-21/h8-9,11,15-18,21,25H,6-7,10,12-14H2,1-5H3/t17-,18+,21+,25+/m1/s1. The van der Waals surface area contributed by atoms with Crippen molar-refractivity contribution >= 4 is 34.4 Å². The smallest absolute Gasteiger partial charge is 0.258 e. The molecule has 4 atom stereocenters. The van der Waals surface area contributed by atoms with Gasteiger partial charge in [0.05, 0.1) is 12.6 Å². The van der Waals surface area contributed by atoms with Crippen molar-refractivity contribution in [2.45, 2.75) is 78.2 Å². The molecule has 0 spiro atoms. The second-order valence-electron chi connectivity index (χ2n) is 11.4. The molecule has 0 amide bonds. The summed E-state index contributed by atoms with van der Waals surface area (Å²) in [6.45, 7) is 13.8. The van der Waals surface area contributed by atoms with Gasteiger partial charge in [0.15, 0.2) is 11.5 Å². The van der Waals surface area contributed by atoms with E-state index < -0.39 is 0 Å². The van der Waals surface area contributed by atoms with Gasteiger partial charge in [0.1, 0.15) is 23.5 Å². The van der Waals surface area contributed by atoms with Crippen molar-refractivity contribution in [1.82, 2.24) is 34.0 Å². The molecule has 2 saturated heterocycles. The monoisotopic (exact) mass is 554 g/mol. The van der Waals surface area contributed by atoms with Gasteiger partial charge in [-0.3, -0.25) is 4.90 Å². The van der Waals surface area contributed by atoms with E-state index in [-0.39, 0.29) is 36.0 Å². The zero-order valence-corrected chi connectivity index (χ0v) is 23.9. The Kier molecular flexibility index (Phi) is 6.97. The van der Waals surface area contributed by atoms with E-state index >= 15 is 4.39 Å². The van der Waals surface area contributed by atoms with E-state index in [1.807, 2.05) is 17.4 Å². The lowest BCUT2D eigenvalue weighted by atomic mass is 9.91. The third kappa shape index (κ3) is 4.66. The number of halogens is 2. The number of imidazole rings is 1. The zero-order valence-electron chi connectivity index (χ0n) is 23.2. The molecule has 0 unspecified atom stereocenters. The first-order valence-electron chi connectivity index (χ1n) is 13.9. The van der Waals surface area contributed by atoms with Gasteiger partial charge in [-0.15, -0.1) is 10.2 Å². The van der Waals surface area contributed by atoms with E-state index in [9.17, 15) is 0 Å². The van der Waals surface area contributed by atoms with E-state index in [0.717, 1.165) is 61.9 Å². The van der Waals surface area contributed by atoms with E-state index in [4.69, 9.17) is 26.3 Å². The third-order valence-electron chi connectivity index (χ3n) is 8.29. The summed E-state index contributed by atoms with van der Waals surface area (Å²) in [4.78, 5) is 14.7. The minimum atomic E-state index is -0.253. The summed E-state index contributed by atoms with van der Waals surface area (Å²) in [5, 5.41) is 8.89. The molecule has 2 aliphatic rings. The molecule has 9 nitrogen and oxygen atoms in total. The van der Waals surface area contributed by atoms with Gasteiger partial charge in [-0.25, -0.2) is 13.8 Å². The van der Waals surface area contributed by atoms with Crippen LogP contribution in [0.5, 0.6) is 0 Å². The zero-order chi connectivity index (χ0) is 27.4. The van der Waals surface area contributed by atoms with Gasteiger partial charge in [0.25, 0.3) is 5.78 Å². The number of rotatable bonds is 6. The number of piperazine rings is 1. The fourth-order valence-corrected chi connectivity index (χ4v) is 6.62. The molecule has 11 heteroatoms. The lowest BCUT2D eigenvalue weighted by molar-refractivity contribution is 0.0800. The summed E-state index contributed by atoms with van der Waals surface area (Å²) in [5.41, 5.74) is 2.48. The van der Waals surface area contributed by atoms with Crippen LogP contribution in [-0.4, -0.2) is 71.9 Å². The molecular weight excluding hydrogens is 519 g/mol. The fourth-order valence-electron chi connectivity index (χ4n) is 6.46. The molecule has 0 saturated carbocycles. The van der Waals surface area contributed by atoms with Crippen LogP contribution in [0.15, 0.2) is 24.5 Å². The Balaban J connectivity index is 1.37. The predicted molar refractivity (Wildman–Crippen MR) is 150 cm³/mol. The Morgan fingerprint density at radius 1 is 1.15 bits per heavy atom. The second-order valence-corrected chi connectivity index (χ2v) is 11.9. The first-order chi connectivity index (χ1) is 18.7. The topological polar surface area (TPSA) is 76.6 Å². The van der Waals surface area contributed by atoms with Crippen LogP contribution in [0, 0.1) is 18.7 Å². The Bertz CT molecular complexity index is 1500. The van der Waals surface area contributed by atoms with E-state index in [1.165, 1.54) is 6.07 Å². The van der Waals surface area contributed by atoms with Crippen LogP contribution in [0.3, 0.4) is 0 Å². The number of nitrogens with zero attached hydrogens (tertiary/aromatic N) is 8. The van der Waals surface area contributed by atoms with Crippen LogP contribution < -0.4 is 4.90 Å². The third-order valence-corrected chi connectivity index (χ3v) is 8.53. The van der Waals surface area contributed by atoms with Crippen molar-refractivity contribution < 1.29 is 9.13 Å². The van der Waals surface area contributed by atoms with Crippen LogP contribution in [0.1, 0.15) is 58.0 Å². The summed E-state index contributed by atoms with van der Waals surface area (Å²) in [6.07, 6.45) is 4.01. The van der Waals surface area contributed by atoms with Crippen molar-refractivity contribution in [2.75, 3.05) is 24.6 Å². The Hall–Kier alpha value is -2.82. The molecule has 208 valence electrons. The highest BCUT2D eigenvalue weighted by Gasteiger charge is 2.38. The van der Waals surface area contributed by atoms with Gasteiger partial charge < -0.3 is 14.2 Å². The van der Waals surface area contributed by atoms with Gasteiger partial charge in [0, 0.05) is 48.4 Å². The number of benzene rings is 1. The molecule has 0 N–H and O–H groups in total. The quantitative estimate of drug-likeness (QED) is 0.330. The summed E-state index contributed by atoms with van der Waals surface area (Å²) >= 11 is 6.07. The highest BCUT2D eigenvalue weighted by atomic mass is 35.5. The maximum absolute atomic E-state index is 15.1. The van der Waals surface area contributed by atoms with Gasteiger partial charge in [-0.2, -0.15) is 4.98 Å². The minimum Gasteiger partial charge on any atom is -0.376 e. The fraction of sp³-hybridized carbons (Fsp3) is 0.571. The largest absolute Gasteiger partial charge is 0.376 e. The highest BCUT2D eigenvalue weighted by Crippen LogP contribution is 2.37. The lowest BCUT2D eigenvalue weighted by Crippen LogP contribution is -2.58. The number of aromatic nitrogens is 6. The predicted octanol–water partition coefficient (Wildman–Crippen LogP) is 5.05. The number of anilines is 1. The normalized spacial score (nSPS) is 23.5. The number of aryl methyl sites for hydroxylation is 1. The van der Waals surface area contributed by atoms with E-state index in [2.05, 4.69) is 52.3 Å². The molecular formula is C28H36ClFN8O. The van der Waals surface area contributed by atoms with Gasteiger partial charge in [0.2, 0.25) is 0 Å². The average molecular weight is 555 g/mol. The van der Waals surface area contributed by atoms with Gasteiger partial charge in [-0.05, 0) is 51.7 Å². The number of fused-ring (bicyclic) bond motifs is 3. The Labute approximate surface area is 232 Å². The molecule has 2 fully saturated rings. The molecule has 5 heterocycles. The van der Waals surface area contributed by atoms with Gasteiger partial charge >= 0.3 is 0 Å². The van der Waals surface area contributed by atoms with E-state index in [1.54, 1.807) is 12.4 Å². The summed E-state index contributed by atoms with van der Waals surface area (Å²) < 4.78 is 25.2. The molecule has 1 aromatic carbocycles. The lowest BCUT2D eigenvalue weighted by Gasteiger charge is -2.49. The molecule has 2 aliphatic heterocycles. The molecule has 6 rings (SSSR count). The molecule has 3 aromatic heterocycles. The van der Waals surface area contributed by atoms with Crippen LogP contribution >= 0.6 is 11.6 Å². The van der Waals surface area contributed by atoms with Crippen molar-refractivity contribution in [2.24, 2.45) is 5.92 Å². The molecule has 39 heavy (non-hydrogen) atoms. The number of hydrogen-bond acceptors (Lipinski definition) is 7. The molecule has 0 radical (unpaired) electrons. The maximum Gasteiger partial charge on any atom is 0.258 e. The van der Waals surface area contributed by atoms with E-state index in [0.29, 0.717) is 16.4 Å². The Morgan fingerprint density at radius 2 is 1.97 bits per heavy atom. The average Bonchev–Trinajstić information content (AvgIpc) is 3.63. The Morgan fingerprint density at radius 3 is 2.69 bits per heavy atom. The maximum atomic E-state index is 15.1. The van der Waals surface area contributed by atoms with Crippen molar-refractivity contribution in [3.8, 4) is 0 Å². The number of ether oxygens (including phenoxy) is 1. The summed E-state index contributed by atoms with van der Waals surface area (Å²) in [6, 6.07) is 5.22. The minimum absolute atomic E-state index is 0.0679. The van der Waals surface area contributed by atoms with Crippen LogP contribution in [-0.2, 0) is 11.3 Å². The molecule has 4 aromatic rings. The second kappa shape index (κ2) is 10.3. The molecule has 0 bridgehead atoms. The van der Waals surface area contributed by atoms with Gasteiger partial charge in [-0.1, -0.05) is 31.5 Å². The van der Waals surface area contributed by atoms with Crippen LogP contribution in [0.4, 0.5) is 10.2 Å². The highest BCUT2D eigenvalue weighted by molar-refractivity contribution is 6.30. The summed E-state index contributed by atoms with van der Waals surface area (Å²) in [5.74, 6) is 2.25.